The second-order valence-corrected chi connectivity index (χ2v) is 4.02. The van der Waals surface area contributed by atoms with Crippen LogP contribution in [0.1, 0.15) is 52.7 Å². The molecule has 0 unspecified atom stereocenters. The third-order valence-corrected chi connectivity index (χ3v) is 1.88. The smallest absolute Gasteiger partial charge is 0.0398 e. The first-order chi connectivity index (χ1) is 9.20. The molecule has 0 aliphatic carbocycles. The highest BCUT2D eigenvalue weighted by atomic mass is 13.8. The molecule has 0 atom stereocenters. The summed E-state index contributed by atoms with van der Waals surface area (Å²) >= 11 is 0. The minimum Gasteiger partial charge on any atom is -0.0776 e. The highest BCUT2D eigenvalue weighted by Gasteiger charge is 1.72. The molecule has 0 fully saturated rings. The molecule has 0 saturated carbocycles. The zero-order chi connectivity index (χ0) is 14.9. The third kappa shape index (κ3) is 18.8. The molecular formula is C20H34. The van der Waals surface area contributed by atoms with Gasteiger partial charge < -0.3 is 0 Å². The second-order valence-electron chi connectivity index (χ2n) is 4.02. The van der Waals surface area contributed by atoms with Gasteiger partial charge >= 0.3 is 0 Å². The molecule has 0 amide bonds. The minimum atomic E-state index is 0. The fourth-order valence-corrected chi connectivity index (χ4v) is 1.07. The lowest BCUT2D eigenvalue weighted by molar-refractivity contribution is 1.09. The molecule has 0 saturated heterocycles. The van der Waals surface area contributed by atoms with Gasteiger partial charge in [-0.15, -0.1) is 0 Å². The molecule has 0 N–H and O–H groups in total. The van der Waals surface area contributed by atoms with Crippen LogP contribution < -0.4 is 0 Å². The van der Waals surface area contributed by atoms with Gasteiger partial charge in [-0.25, -0.2) is 0 Å². The Bertz CT molecular complexity index is 311. The van der Waals surface area contributed by atoms with Crippen LogP contribution in [-0.2, 0) is 0 Å². The fourth-order valence-electron chi connectivity index (χ4n) is 1.07. The van der Waals surface area contributed by atoms with Gasteiger partial charge in [0, 0.05) is 0 Å². The fraction of sp³-hybridized carbons (Fsp3) is 0.400. The monoisotopic (exact) mass is 274 g/mol. The lowest BCUT2D eigenvalue weighted by Gasteiger charge is -1.82. The van der Waals surface area contributed by atoms with Crippen molar-refractivity contribution in [3.63, 3.8) is 0 Å². The van der Waals surface area contributed by atoms with Crippen LogP contribution in [0.25, 0.3) is 0 Å². The van der Waals surface area contributed by atoms with Gasteiger partial charge in [0.15, 0.2) is 0 Å². The standard InChI is InChI=1S/2C7H8.C3H8.C2H6.CH4/c2*1-7-5-3-2-4-6-7;1-3-2;1-2;/h2*2-6H,1H3;3H2,1-2H3;1-2H3;1H4. The maximum absolute atomic E-state index is 2.12. The van der Waals surface area contributed by atoms with Gasteiger partial charge in [0.2, 0.25) is 0 Å². The zero-order valence-corrected chi connectivity index (χ0v) is 13.5. The molecule has 114 valence electrons. The Balaban J connectivity index is -0.000000213. The highest BCUT2D eigenvalue weighted by molar-refractivity contribution is 5.12. The molecule has 0 radical (unpaired) electrons. The van der Waals surface area contributed by atoms with Crippen LogP contribution in [-0.4, -0.2) is 0 Å². The topological polar surface area (TPSA) is 0 Å². The van der Waals surface area contributed by atoms with Crippen molar-refractivity contribution in [3.8, 4) is 0 Å². The summed E-state index contributed by atoms with van der Waals surface area (Å²) in [5.74, 6) is 0. The number of hydrogen-bond donors (Lipinski definition) is 0. The van der Waals surface area contributed by atoms with Gasteiger partial charge in [0.25, 0.3) is 0 Å². The average molecular weight is 274 g/mol. The summed E-state index contributed by atoms with van der Waals surface area (Å²) in [5.41, 5.74) is 2.64. The van der Waals surface area contributed by atoms with E-state index in [-0.39, 0.29) is 7.43 Å². The summed E-state index contributed by atoms with van der Waals surface area (Å²) in [4.78, 5) is 0. The quantitative estimate of drug-likeness (QED) is 0.482. The predicted molar refractivity (Wildman–Crippen MR) is 96.4 cm³/mol. The van der Waals surface area contributed by atoms with E-state index >= 15 is 0 Å². The first-order valence-corrected chi connectivity index (χ1v) is 7.24. The first kappa shape index (κ1) is 23.5. The van der Waals surface area contributed by atoms with Crippen LogP contribution in [0.2, 0.25) is 0 Å². The van der Waals surface area contributed by atoms with Crippen molar-refractivity contribution in [1.29, 1.82) is 0 Å². The molecule has 0 aromatic heterocycles. The van der Waals surface area contributed by atoms with Gasteiger partial charge in [0.05, 0.1) is 0 Å². The molecule has 0 aliphatic rings. The van der Waals surface area contributed by atoms with Gasteiger partial charge in [-0.2, -0.15) is 0 Å². The third-order valence-electron chi connectivity index (χ3n) is 1.88. The van der Waals surface area contributed by atoms with Crippen molar-refractivity contribution in [2.75, 3.05) is 0 Å². The Kier molecular flexibility index (Phi) is 23.3. The minimum absolute atomic E-state index is 0. The van der Waals surface area contributed by atoms with Crippen molar-refractivity contribution >= 4 is 0 Å². The van der Waals surface area contributed by atoms with Crippen LogP contribution in [0.3, 0.4) is 0 Å². The van der Waals surface area contributed by atoms with E-state index in [1.54, 1.807) is 0 Å². The number of rotatable bonds is 0. The summed E-state index contributed by atoms with van der Waals surface area (Å²) in [7, 11) is 0. The predicted octanol–water partition coefficient (Wildman–Crippen LogP) is 7.07. The van der Waals surface area contributed by atoms with E-state index < -0.39 is 0 Å². The molecule has 2 rings (SSSR count). The van der Waals surface area contributed by atoms with Crippen molar-refractivity contribution in [2.45, 2.75) is 55.4 Å². The second kappa shape index (κ2) is 19.8. The Morgan fingerprint density at radius 1 is 0.600 bits per heavy atom. The van der Waals surface area contributed by atoms with Crippen LogP contribution in [0.4, 0.5) is 0 Å². The maximum Gasteiger partial charge on any atom is -0.0398 e. The largest absolute Gasteiger partial charge is 0.0776 e. The molecule has 0 bridgehead atoms. The van der Waals surface area contributed by atoms with Crippen LogP contribution in [0, 0.1) is 13.8 Å². The first-order valence-electron chi connectivity index (χ1n) is 7.24. The van der Waals surface area contributed by atoms with Crippen molar-refractivity contribution < 1.29 is 0 Å². The van der Waals surface area contributed by atoms with Crippen LogP contribution in [0.15, 0.2) is 60.7 Å². The number of hydrogen-bond acceptors (Lipinski definition) is 0. The van der Waals surface area contributed by atoms with E-state index in [1.807, 2.05) is 50.2 Å². The molecule has 0 heterocycles. The van der Waals surface area contributed by atoms with Gasteiger partial charge in [-0.3, -0.25) is 0 Å². The molecule has 0 nitrogen and oxygen atoms in total. The molecule has 0 aliphatic heterocycles. The summed E-state index contributed by atoms with van der Waals surface area (Å²) < 4.78 is 0. The van der Waals surface area contributed by atoms with E-state index in [9.17, 15) is 0 Å². The molecule has 2 aromatic carbocycles. The summed E-state index contributed by atoms with van der Waals surface area (Å²) in [6.45, 7) is 12.4. The van der Waals surface area contributed by atoms with E-state index in [4.69, 9.17) is 0 Å². The van der Waals surface area contributed by atoms with Crippen LogP contribution in [0.5, 0.6) is 0 Å². The average Bonchev–Trinajstić information content (AvgIpc) is 2.44. The zero-order valence-electron chi connectivity index (χ0n) is 13.5. The number of aryl methyl sites for hydroxylation is 2. The molecule has 20 heavy (non-hydrogen) atoms. The summed E-state index contributed by atoms with van der Waals surface area (Å²) in [5, 5.41) is 0. The van der Waals surface area contributed by atoms with E-state index in [2.05, 4.69) is 52.0 Å². The Morgan fingerprint density at radius 3 is 0.900 bits per heavy atom. The number of benzene rings is 2. The van der Waals surface area contributed by atoms with E-state index in [1.165, 1.54) is 17.5 Å². The lowest BCUT2D eigenvalue weighted by Crippen LogP contribution is -1.62. The lowest BCUT2D eigenvalue weighted by atomic mass is 10.2. The molecular weight excluding hydrogens is 240 g/mol. The molecule has 0 spiro atoms. The van der Waals surface area contributed by atoms with Crippen molar-refractivity contribution in [3.05, 3.63) is 71.8 Å². The van der Waals surface area contributed by atoms with Gasteiger partial charge in [-0.05, 0) is 13.8 Å². The Hall–Kier alpha value is -1.56. The van der Waals surface area contributed by atoms with E-state index in [0.717, 1.165) is 0 Å². The summed E-state index contributed by atoms with van der Waals surface area (Å²) in [6, 6.07) is 20.5. The maximum atomic E-state index is 2.12. The van der Waals surface area contributed by atoms with Crippen molar-refractivity contribution in [1.82, 2.24) is 0 Å². The molecule has 0 heteroatoms. The Morgan fingerprint density at radius 2 is 0.800 bits per heavy atom. The van der Waals surface area contributed by atoms with Crippen LogP contribution >= 0.6 is 0 Å². The van der Waals surface area contributed by atoms with Gasteiger partial charge in [-0.1, -0.05) is 113 Å². The Labute approximate surface area is 127 Å². The van der Waals surface area contributed by atoms with Gasteiger partial charge in [0.1, 0.15) is 0 Å². The molecule has 2 aromatic rings. The normalized spacial score (nSPS) is 7.30. The van der Waals surface area contributed by atoms with E-state index in [0.29, 0.717) is 0 Å². The summed E-state index contributed by atoms with van der Waals surface area (Å²) in [6.07, 6.45) is 1.25. The SMILES string of the molecule is C.CC.CCC.Cc1ccccc1.Cc1ccccc1. The highest BCUT2D eigenvalue weighted by Crippen LogP contribution is 1.92. The van der Waals surface area contributed by atoms with Crippen molar-refractivity contribution in [2.24, 2.45) is 0 Å².